The molecule has 1 heterocycles. The lowest BCUT2D eigenvalue weighted by Gasteiger charge is -2.39. The average molecular weight is 679 g/mol. The van der Waals surface area contributed by atoms with E-state index in [2.05, 4.69) is 5.32 Å². The summed E-state index contributed by atoms with van der Waals surface area (Å²) in [5.74, 6) is -0.654. The molecule has 1 aliphatic heterocycles. The van der Waals surface area contributed by atoms with E-state index in [0.29, 0.717) is 65.8 Å². The zero-order valence-electron chi connectivity index (χ0n) is 27.4. The van der Waals surface area contributed by atoms with Gasteiger partial charge in [-0.1, -0.05) is 39.0 Å². The molecule has 1 aliphatic rings. The number of nitrogens with zero attached hydrogens (tertiary/aromatic N) is 1. The van der Waals surface area contributed by atoms with Gasteiger partial charge in [0.2, 0.25) is 5.91 Å². The molecule has 0 bridgehead atoms. The highest BCUT2D eigenvalue weighted by Crippen LogP contribution is 2.33. The van der Waals surface area contributed by atoms with E-state index < -0.39 is 50.3 Å². The van der Waals surface area contributed by atoms with Gasteiger partial charge in [-0.25, -0.2) is 13.2 Å². The number of hydrogen-bond acceptors (Lipinski definition) is 10. The van der Waals surface area contributed by atoms with Crippen LogP contribution in [0.15, 0.2) is 42.5 Å². The summed E-state index contributed by atoms with van der Waals surface area (Å²) in [4.78, 5) is 41.1. The molecule has 1 fully saturated rings. The third-order valence-corrected chi connectivity index (χ3v) is 10.7. The molecule has 1 unspecified atom stereocenters. The predicted molar refractivity (Wildman–Crippen MR) is 179 cm³/mol. The zero-order valence-corrected chi connectivity index (χ0v) is 29.0. The molecule has 3 atom stereocenters. The van der Waals surface area contributed by atoms with Crippen molar-refractivity contribution in [1.29, 1.82) is 0 Å². The van der Waals surface area contributed by atoms with Crippen LogP contribution in [0.3, 0.4) is 0 Å². The molecule has 46 heavy (non-hydrogen) atoms. The average Bonchev–Trinajstić information content (AvgIpc) is 3.04. The number of esters is 1. The first-order chi connectivity index (χ1) is 21.7. The minimum Gasteiger partial charge on any atom is -0.493 e. The quantitative estimate of drug-likeness (QED) is 0.200. The third-order valence-electron chi connectivity index (χ3n) is 8.29. The fraction of sp³-hybridized carbons (Fsp3) is 0.545. The smallest absolute Gasteiger partial charge is 0.329 e. The van der Waals surface area contributed by atoms with Gasteiger partial charge in [0.25, 0.3) is 5.91 Å². The van der Waals surface area contributed by atoms with Crippen LogP contribution in [0.4, 0.5) is 5.69 Å². The first-order valence-corrected chi connectivity index (χ1v) is 18.7. The molecular formula is C33H46N2O9S2. The maximum atomic E-state index is 13.8. The van der Waals surface area contributed by atoms with Gasteiger partial charge in [0.05, 0.1) is 20.0 Å². The second-order valence-electron chi connectivity index (χ2n) is 12.1. The largest absolute Gasteiger partial charge is 0.493 e. The normalized spacial score (nSPS) is 16.7. The molecule has 1 saturated heterocycles. The first kappa shape index (κ1) is 37.2. The molecule has 0 aromatic heterocycles. The summed E-state index contributed by atoms with van der Waals surface area (Å²) in [6, 6.07) is 11.6. The lowest BCUT2D eigenvalue weighted by Crippen LogP contribution is -2.54. The second-order valence-corrected chi connectivity index (χ2v) is 16.5. The Morgan fingerprint density at radius 2 is 1.80 bits per heavy atom. The number of benzene rings is 2. The minimum atomic E-state index is -3.39. The van der Waals surface area contributed by atoms with Crippen molar-refractivity contribution >= 4 is 43.1 Å². The number of ether oxygens (including phenoxy) is 3. The number of likely N-dealkylation sites (tertiary alicyclic amines) is 1. The van der Waals surface area contributed by atoms with Crippen molar-refractivity contribution < 1.29 is 42.1 Å². The Morgan fingerprint density at radius 3 is 2.46 bits per heavy atom. The van der Waals surface area contributed by atoms with Gasteiger partial charge in [-0.3, -0.25) is 9.59 Å². The Bertz CT molecular complexity index is 1480. The standard InChI is InChI=1S/C33H46N2O9S2/c1-7-33(2,3)30(37)31(38)35-18-9-8-13-25(35)32(39)44-26(16-14-22-15-17-27(42-4)28(19-22)43-5)23-11-10-12-24(20-23)34-29(36)21-45-46(6,40)41/h10-12,15,17,19-20,25-26,30,37H,7-9,13-14,16,18,21H2,1-6H3,(H,34,36)/t25-,26+,30?/m0/s1. The van der Waals surface area contributed by atoms with Crippen molar-refractivity contribution in [2.45, 2.75) is 77.5 Å². The van der Waals surface area contributed by atoms with E-state index in [1.165, 1.54) is 4.90 Å². The fourth-order valence-electron chi connectivity index (χ4n) is 5.15. The molecule has 2 amide bonds. The van der Waals surface area contributed by atoms with E-state index in [1.54, 1.807) is 44.6 Å². The number of aliphatic hydroxyl groups is 1. The zero-order chi connectivity index (χ0) is 34.1. The number of rotatable bonds is 15. The van der Waals surface area contributed by atoms with Crippen LogP contribution < -0.4 is 14.8 Å². The topological polar surface area (TPSA) is 149 Å². The first-order valence-electron chi connectivity index (χ1n) is 15.3. The summed E-state index contributed by atoms with van der Waals surface area (Å²) in [6.45, 7) is 5.90. The van der Waals surface area contributed by atoms with Gasteiger partial charge in [-0.2, -0.15) is 0 Å². The lowest BCUT2D eigenvalue weighted by molar-refractivity contribution is -0.167. The number of amides is 2. The maximum Gasteiger partial charge on any atom is 0.329 e. The van der Waals surface area contributed by atoms with E-state index in [4.69, 9.17) is 14.2 Å². The number of aliphatic hydroxyl groups excluding tert-OH is 1. The molecule has 13 heteroatoms. The molecule has 2 aromatic rings. The van der Waals surface area contributed by atoms with Crippen LogP contribution in [-0.2, 0) is 34.4 Å². The molecule has 11 nitrogen and oxygen atoms in total. The lowest BCUT2D eigenvalue weighted by atomic mass is 9.82. The summed E-state index contributed by atoms with van der Waals surface area (Å²) in [6.07, 6.45) is 2.35. The van der Waals surface area contributed by atoms with Gasteiger partial charge in [0.1, 0.15) is 18.2 Å². The SMILES string of the molecule is CCC(C)(C)C(O)C(=O)N1CCCC[C@H]1C(=O)O[C@H](CCc1ccc(OC)c(OC)c1)c1cccc(NC(=O)CSS(C)(=O)=O)c1. The number of nitrogens with one attached hydrogen (secondary N) is 1. The third kappa shape index (κ3) is 10.4. The summed E-state index contributed by atoms with van der Waals surface area (Å²) in [7, 11) is 0.255. The second kappa shape index (κ2) is 16.5. The monoisotopic (exact) mass is 678 g/mol. The van der Waals surface area contributed by atoms with E-state index in [0.717, 1.165) is 24.7 Å². The van der Waals surface area contributed by atoms with Gasteiger partial charge in [-0.05, 0) is 90.1 Å². The van der Waals surface area contributed by atoms with Gasteiger partial charge < -0.3 is 29.5 Å². The van der Waals surface area contributed by atoms with Crippen molar-refractivity contribution in [1.82, 2.24) is 4.90 Å². The van der Waals surface area contributed by atoms with Crippen LogP contribution in [-0.4, -0.2) is 81.1 Å². The molecule has 254 valence electrons. The van der Waals surface area contributed by atoms with Crippen LogP contribution in [0.5, 0.6) is 11.5 Å². The molecular weight excluding hydrogens is 633 g/mol. The van der Waals surface area contributed by atoms with Gasteiger partial charge in [0, 0.05) is 18.5 Å². The number of hydrogen-bond donors (Lipinski definition) is 2. The Hall–Kier alpha value is -3.29. The number of carbonyl (C=O) groups is 3. The van der Waals surface area contributed by atoms with Crippen molar-refractivity contribution in [3.05, 3.63) is 53.6 Å². The Balaban J connectivity index is 1.88. The highest BCUT2D eigenvalue weighted by Gasteiger charge is 2.41. The minimum absolute atomic E-state index is 0.271. The highest BCUT2D eigenvalue weighted by molar-refractivity contribution is 8.72. The summed E-state index contributed by atoms with van der Waals surface area (Å²) < 4.78 is 39.9. The molecule has 0 radical (unpaired) electrons. The van der Waals surface area contributed by atoms with E-state index in [1.807, 2.05) is 32.9 Å². The van der Waals surface area contributed by atoms with Crippen LogP contribution in [0.25, 0.3) is 0 Å². The highest BCUT2D eigenvalue weighted by atomic mass is 33.1. The van der Waals surface area contributed by atoms with Crippen LogP contribution in [0.1, 0.15) is 70.1 Å². The number of methoxy groups -OCH3 is 2. The van der Waals surface area contributed by atoms with Crippen LogP contribution in [0.2, 0.25) is 0 Å². The predicted octanol–water partition coefficient (Wildman–Crippen LogP) is 4.73. The molecule has 0 saturated carbocycles. The van der Waals surface area contributed by atoms with Crippen molar-refractivity contribution in [3.63, 3.8) is 0 Å². The van der Waals surface area contributed by atoms with Gasteiger partial charge >= 0.3 is 5.97 Å². The van der Waals surface area contributed by atoms with Crippen molar-refractivity contribution in [3.8, 4) is 11.5 Å². The number of anilines is 1. The van der Waals surface area contributed by atoms with Crippen molar-refractivity contribution in [2.24, 2.45) is 5.41 Å². The Kier molecular flexibility index (Phi) is 13.3. The van der Waals surface area contributed by atoms with E-state index >= 15 is 0 Å². The van der Waals surface area contributed by atoms with Crippen LogP contribution >= 0.6 is 10.8 Å². The number of piperidine rings is 1. The van der Waals surface area contributed by atoms with Gasteiger partial charge in [-0.15, -0.1) is 0 Å². The summed E-state index contributed by atoms with van der Waals surface area (Å²) in [5.41, 5.74) is 1.29. The number of aryl methyl sites for hydroxylation is 1. The summed E-state index contributed by atoms with van der Waals surface area (Å²) in [5, 5.41) is 13.6. The summed E-state index contributed by atoms with van der Waals surface area (Å²) >= 11 is 0. The van der Waals surface area contributed by atoms with Gasteiger partial charge in [0.15, 0.2) is 20.4 Å². The van der Waals surface area contributed by atoms with E-state index in [9.17, 15) is 27.9 Å². The maximum absolute atomic E-state index is 13.8. The Morgan fingerprint density at radius 1 is 1.09 bits per heavy atom. The van der Waals surface area contributed by atoms with Crippen LogP contribution in [0, 0.1) is 5.41 Å². The molecule has 0 aliphatic carbocycles. The molecule has 2 N–H and O–H groups in total. The van der Waals surface area contributed by atoms with Crippen molar-refractivity contribution in [2.75, 3.05) is 38.1 Å². The molecule has 2 aromatic carbocycles. The Labute approximate surface area is 275 Å². The molecule has 3 rings (SSSR count). The fourth-order valence-corrected chi connectivity index (χ4v) is 6.50. The molecule has 0 spiro atoms. The van der Waals surface area contributed by atoms with E-state index in [-0.39, 0.29) is 5.75 Å². The number of carbonyl (C=O) groups excluding carboxylic acids is 3.